The van der Waals surface area contributed by atoms with E-state index >= 15 is 0 Å². The molecule has 0 aliphatic carbocycles. The molecular weight excluding hydrogens is 385 g/mol. The van der Waals surface area contributed by atoms with Gasteiger partial charge in [-0.15, -0.1) is 0 Å². The molecule has 3 rings (SSSR count). The van der Waals surface area contributed by atoms with Crippen LogP contribution in [0.3, 0.4) is 0 Å². The van der Waals surface area contributed by atoms with E-state index in [0.717, 1.165) is 15.7 Å². The lowest BCUT2D eigenvalue weighted by Gasteiger charge is -2.10. The molecule has 4 nitrogen and oxygen atoms in total. The van der Waals surface area contributed by atoms with E-state index in [-0.39, 0.29) is 11.7 Å². The van der Waals surface area contributed by atoms with Gasteiger partial charge in [0.15, 0.2) is 0 Å². The second-order valence-electron chi connectivity index (χ2n) is 5.68. The van der Waals surface area contributed by atoms with Crippen LogP contribution in [0, 0.1) is 12.7 Å². The van der Waals surface area contributed by atoms with Crippen molar-refractivity contribution in [1.29, 1.82) is 0 Å². The second kappa shape index (κ2) is 7.19. The van der Waals surface area contributed by atoms with Crippen molar-refractivity contribution in [3.8, 4) is 5.69 Å². The number of nitrogens with zero attached hydrogens (tertiary/aromatic N) is 2. The molecule has 6 heteroatoms. The van der Waals surface area contributed by atoms with Crippen LogP contribution in [0.15, 0.2) is 53.1 Å². The van der Waals surface area contributed by atoms with Gasteiger partial charge in [0.2, 0.25) is 0 Å². The predicted molar refractivity (Wildman–Crippen MR) is 99.7 cm³/mol. The van der Waals surface area contributed by atoms with E-state index < -0.39 is 0 Å². The van der Waals surface area contributed by atoms with Crippen molar-refractivity contribution in [1.82, 2.24) is 9.78 Å². The maximum atomic E-state index is 13.1. The molecule has 128 valence electrons. The molecule has 0 unspecified atom stereocenters. The van der Waals surface area contributed by atoms with Gasteiger partial charge < -0.3 is 5.32 Å². The van der Waals surface area contributed by atoms with Gasteiger partial charge >= 0.3 is 0 Å². The van der Waals surface area contributed by atoms with Gasteiger partial charge in [-0.2, -0.15) is 5.10 Å². The molecule has 1 amide bonds. The Bertz CT molecular complexity index is 919. The summed E-state index contributed by atoms with van der Waals surface area (Å²) in [6, 6.07) is 11.8. The summed E-state index contributed by atoms with van der Waals surface area (Å²) in [5, 5.41) is 7.21. The first kappa shape index (κ1) is 17.4. The molecule has 0 saturated carbocycles. The van der Waals surface area contributed by atoms with E-state index in [1.54, 1.807) is 23.0 Å². The van der Waals surface area contributed by atoms with Gasteiger partial charge in [-0.25, -0.2) is 9.07 Å². The van der Waals surface area contributed by atoms with Crippen LogP contribution >= 0.6 is 15.9 Å². The van der Waals surface area contributed by atoms with E-state index in [4.69, 9.17) is 0 Å². The highest BCUT2D eigenvalue weighted by Crippen LogP contribution is 2.25. The number of aromatic nitrogens is 2. The molecule has 3 aromatic rings. The lowest BCUT2D eigenvalue weighted by Crippen LogP contribution is -2.14. The van der Waals surface area contributed by atoms with E-state index in [0.29, 0.717) is 23.4 Å². The van der Waals surface area contributed by atoms with Crippen molar-refractivity contribution in [2.75, 3.05) is 5.32 Å². The molecule has 1 heterocycles. The minimum absolute atomic E-state index is 0.227. The van der Waals surface area contributed by atoms with Crippen LogP contribution in [0.5, 0.6) is 0 Å². The molecule has 0 radical (unpaired) electrons. The van der Waals surface area contributed by atoms with Gasteiger partial charge in [0.05, 0.1) is 28.8 Å². The summed E-state index contributed by atoms with van der Waals surface area (Å²) >= 11 is 3.46. The number of rotatable bonds is 4. The van der Waals surface area contributed by atoms with Crippen molar-refractivity contribution < 1.29 is 9.18 Å². The van der Waals surface area contributed by atoms with Crippen molar-refractivity contribution in [2.45, 2.75) is 20.3 Å². The first-order chi connectivity index (χ1) is 12.0. The van der Waals surface area contributed by atoms with Gasteiger partial charge in [0.1, 0.15) is 5.82 Å². The zero-order valence-electron chi connectivity index (χ0n) is 13.9. The van der Waals surface area contributed by atoms with Crippen LogP contribution in [-0.2, 0) is 6.42 Å². The number of halogens is 2. The zero-order valence-corrected chi connectivity index (χ0v) is 15.5. The van der Waals surface area contributed by atoms with Crippen LogP contribution in [0.4, 0.5) is 10.1 Å². The molecule has 0 spiro atoms. The normalized spacial score (nSPS) is 10.7. The van der Waals surface area contributed by atoms with E-state index in [9.17, 15) is 9.18 Å². The smallest absolute Gasteiger partial charge is 0.259 e. The predicted octanol–water partition coefficient (Wildman–Crippen LogP) is 4.90. The number of carbonyl (C=O) groups is 1. The van der Waals surface area contributed by atoms with Crippen LogP contribution in [0.25, 0.3) is 5.69 Å². The van der Waals surface area contributed by atoms with Crippen molar-refractivity contribution >= 4 is 27.5 Å². The Morgan fingerprint density at radius 3 is 2.60 bits per heavy atom. The van der Waals surface area contributed by atoms with Gasteiger partial charge in [-0.1, -0.05) is 13.0 Å². The first-order valence-corrected chi connectivity index (χ1v) is 8.69. The topological polar surface area (TPSA) is 46.9 Å². The van der Waals surface area contributed by atoms with Crippen LogP contribution < -0.4 is 5.32 Å². The third-order valence-corrected chi connectivity index (χ3v) is 4.55. The standard InChI is InChI=1S/C19H17BrFN3O/c1-3-18-15(11-22-24(18)14-7-5-13(21)6-8-14)19(25)23-17-9-4-12(2)10-16(17)20/h4-11H,3H2,1-2H3,(H,23,25). The number of hydrogen-bond acceptors (Lipinski definition) is 2. The maximum absolute atomic E-state index is 13.1. The molecule has 0 fully saturated rings. The highest BCUT2D eigenvalue weighted by Gasteiger charge is 2.18. The Morgan fingerprint density at radius 1 is 1.24 bits per heavy atom. The van der Waals surface area contributed by atoms with Crippen molar-refractivity contribution in [2.24, 2.45) is 0 Å². The number of aryl methyl sites for hydroxylation is 1. The summed E-state index contributed by atoms with van der Waals surface area (Å²) in [4.78, 5) is 12.7. The third kappa shape index (κ3) is 3.64. The first-order valence-electron chi connectivity index (χ1n) is 7.90. The Labute approximate surface area is 153 Å². The monoisotopic (exact) mass is 401 g/mol. The number of carbonyl (C=O) groups excluding carboxylic acids is 1. The van der Waals surface area contributed by atoms with Crippen molar-refractivity contribution in [3.63, 3.8) is 0 Å². The fourth-order valence-electron chi connectivity index (χ4n) is 2.62. The quantitative estimate of drug-likeness (QED) is 0.675. The molecule has 0 atom stereocenters. The van der Waals surface area contributed by atoms with Crippen LogP contribution in [0.2, 0.25) is 0 Å². The zero-order chi connectivity index (χ0) is 18.0. The highest BCUT2D eigenvalue weighted by molar-refractivity contribution is 9.10. The number of nitrogens with one attached hydrogen (secondary N) is 1. The maximum Gasteiger partial charge on any atom is 0.259 e. The fourth-order valence-corrected chi connectivity index (χ4v) is 3.21. The molecule has 1 aromatic heterocycles. The molecule has 25 heavy (non-hydrogen) atoms. The summed E-state index contributed by atoms with van der Waals surface area (Å²) in [7, 11) is 0. The summed E-state index contributed by atoms with van der Waals surface area (Å²) in [5.74, 6) is -0.536. The minimum atomic E-state index is -0.309. The molecule has 0 saturated heterocycles. The SMILES string of the molecule is CCc1c(C(=O)Nc2ccc(C)cc2Br)cnn1-c1ccc(F)cc1. The van der Waals surface area contributed by atoms with Crippen LogP contribution in [0.1, 0.15) is 28.5 Å². The molecule has 1 N–H and O–H groups in total. The Morgan fingerprint density at radius 2 is 1.96 bits per heavy atom. The van der Waals surface area contributed by atoms with Gasteiger partial charge in [-0.05, 0) is 71.2 Å². The summed E-state index contributed by atoms with van der Waals surface area (Å²) in [5.41, 5.74) is 3.79. The van der Waals surface area contributed by atoms with Gasteiger partial charge in [0, 0.05) is 4.47 Å². The van der Waals surface area contributed by atoms with Crippen molar-refractivity contribution in [3.05, 3.63) is 75.8 Å². The number of benzene rings is 2. The molecular formula is C19H17BrFN3O. The van der Waals surface area contributed by atoms with E-state index in [1.165, 1.54) is 12.1 Å². The molecule has 2 aromatic carbocycles. The minimum Gasteiger partial charge on any atom is -0.321 e. The largest absolute Gasteiger partial charge is 0.321 e. The van der Waals surface area contributed by atoms with E-state index in [2.05, 4.69) is 26.3 Å². The molecule has 0 bridgehead atoms. The average Bonchev–Trinajstić information content (AvgIpc) is 3.02. The summed E-state index contributed by atoms with van der Waals surface area (Å²) in [6.07, 6.45) is 2.16. The second-order valence-corrected chi connectivity index (χ2v) is 6.54. The summed E-state index contributed by atoms with van der Waals surface area (Å²) < 4.78 is 15.6. The summed E-state index contributed by atoms with van der Waals surface area (Å²) in [6.45, 7) is 3.94. The van der Waals surface area contributed by atoms with Crippen LogP contribution in [-0.4, -0.2) is 15.7 Å². The Balaban J connectivity index is 1.92. The van der Waals surface area contributed by atoms with Gasteiger partial charge in [-0.3, -0.25) is 4.79 Å². The van der Waals surface area contributed by atoms with E-state index in [1.807, 2.05) is 32.0 Å². The fraction of sp³-hybridized carbons (Fsp3) is 0.158. The number of hydrogen-bond donors (Lipinski definition) is 1. The lowest BCUT2D eigenvalue weighted by atomic mass is 10.1. The lowest BCUT2D eigenvalue weighted by molar-refractivity contribution is 0.102. The third-order valence-electron chi connectivity index (χ3n) is 3.89. The average molecular weight is 402 g/mol. The molecule has 0 aliphatic heterocycles. The molecule has 0 aliphatic rings. The van der Waals surface area contributed by atoms with Gasteiger partial charge in [0.25, 0.3) is 5.91 Å². The Hall–Kier alpha value is -2.47. The number of amides is 1. The highest BCUT2D eigenvalue weighted by atomic mass is 79.9. The Kier molecular flexibility index (Phi) is 4.99. The number of anilines is 1.